The molecule has 0 saturated heterocycles. The largest absolute Gasteiger partial charge is 0.369 e. The van der Waals surface area contributed by atoms with Crippen molar-refractivity contribution in [2.75, 3.05) is 11.9 Å². The van der Waals surface area contributed by atoms with Crippen LogP contribution in [-0.2, 0) is 0 Å². The van der Waals surface area contributed by atoms with Crippen LogP contribution in [0.2, 0.25) is 5.28 Å². The molecule has 2 aromatic carbocycles. The smallest absolute Gasteiger partial charge is 0.224 e. The first-order chi connectivity index (χ1) is 11.1. The van der Waals surface area contributed by atoms with Gasteiger partial charge in [-0.3, -0.25) is 0 Å². The maximum absolute atomic E-state index is 6.06. The Hall–Kier alpha value is -2.13. The number of hydrogen-bond donors (Lipinski definition) is 1. The summed E-state index contributed by atoms with van der Waals surface area (Å²) in [6.07, 6.45) is 0. The quantitative estimate of drug-likeness (QED) is 0.660. The van der Waals surface area contributed by atoms with Gasteiger partial charge in [-0.1, -0.05) is 56.3 Å². The fourth-order valence-corrected chi connectivity index (χ4v) is 3.00. The van der Waals surface area contributed by atoms with Crippen LogP contribution < -0.4 is 5.32 Å². The molecule has 0 aliphatic carbocycles. The lowest BCUT2D eigenvalue weighted by Gasteiger charge is -2.22. The van der Waals surface area contributed by atoms with Crippen molar-refractivity contribution in [2.24, 2.45) is 5.92 Å². The average molecular weight is 326 g/mol. The Morgan fingerprint density at radius 2 is 1.65 bits per heavy atom. The zero-order chi connectivity index (χ0) is 16.2. The molecule has 1 atom stereocenters. The van der Waals surface area contributed by atoms with Crippen molar-refractivity contribution in [3.8, 4) is 0 Å². The molecule has 0 aliphatic heterocycles. The topological polar surface area (TPSA) is 37.8 Å². The highest BCUT2D eigenvalue weighted by atomic mass is 35.5. The molecule has 3 rings (SSSR count). The van der Waals surface area contributed by atoms with E-state index in [9.17, 15) is 0 Å². The number of halogens is 1. The van der Waals surface area contributed by atoms with E-state index in [1.165, 1.54) is 5.56 Å². The van der Waals surface area contributed by atoms with E-state index in [1.54, 1.807) is 0 Å². The first-order valence-electron chi connectivity index (χ1n) is 7.86. The van der Waals surface area contributed by atoms with Gasteiger partial charge in [0, 0.05) is 17.8 Å². The van der Waals surface area contributed by atoms with Gasteiger partial charge in [-0.15, -0.1) is 0 Å². The monoisotopic (exact) mass is 325 g/mol. The second-order valence-corrected chi connectivity index (χ2v) is 6.34. The number of fused-ring (bicyclic) bond motifs is 1. The average Bonchev–Trinajstić information content (AvgIpc) is 2.55. The van der Waals surface area contributed by atoms with Crippen LogP contribution >= 0.6 is 11.6 Å². The van der Waals surface area contributed by atoms with Crippen LogP contribution in [0.15, 0.2) is 54.6 Å². The van der Waals surface area contributed by atoms with Crippen molar-refractivity contribution in [3.63, 3.8) is 0 Å². The van der Waals surface area contributed by atoms with E-state index in [2.05, 4.69) is 53.4 Å². The third kappa shape index (κ3) is 3.62. The van der Waals surface area contributed by atoms with E-state index in [-0.39, 0.29) is 5.28 Å². The first kappa shape index (κ1) is 15.8. The molecule has 1 N–H and O–H groups in total. The van der Waals surface area contributed by atoms with Crippen molar-refractivity contribution in [1.29, 1.82) is 0 Å². The molecule has 0 radical (unpaired) electrons. The van der Waals surface area contributed by atoms with Gasteiger partial charge in [0.2, 0.25) is 5.28 Å². The summed E-state index contributed by atoms with van der Waals surface area (Å²) < 4.78 is 0. The number of benzene rings is 2. The molecule has 4 heteroatoms. The van der Waals surface area contributed by atoms with E-state index >= 15 is 0 Å². The molecule has 118 valence electrons. The number of hydrogen-bond acceptors (Lipinski definition) is 3. The van der Waals surface area contributed by atoms with Crippen molar-refractivity contribution in [3.05, 3.63) is 65.4 Å². The molecule has 1 heterocycles. The highest BCUT2D eigenvalue weighted by Crippen LogP contribution is 2.27. The predicted octanol–water partition coefficient (Wildman–Crippen LogP) is 5.13. The van der Waals surface area contributed by atoms with Gasteiger partial charge < -0.3 is 5.32 Å². The van der Waals surface area contributed by atoms with Crippen molar-refractivity contribution in [2.45, 2.75) is 19.8 Å². The minimum atomic E-state index is 0.270. The maximum atomic E-state index is 6.06. The Balaban J connectivity index is 1.87. The summed E-state index contributed by atoms with van der Waals surface area (Å²) >= 11 is 6.06. The minimum absolute atomic E-state index is 0.270. The van der Waals surface area contributed by atoms with Crippen molar-refractivity contribution in [1.82, 2.24) is 9.97 Å². The van der Waals surface area contributed by atoms with E-state index in [4.69, 9.17) is 11.6 Å². The number of nitrogens with zero attached hydrogens (tertiary/aromatic N) is 2. The maximum Gasteiger partial charge on any atom is 0.224 e. The fraction of sp³-hybridized carbons (Fsp3) is 0.263. The van der Waals surface area contributed by atoms with Crippen LogP contribution in [0.5, 0.6) is 0 Å². The zero-order valence-electron chi connectivity index (χ0n) is 13.3. The fourth-order valence-electron chi connectivity index (χ4n) is 2.83. The minimum Gasteiger partial charge on any atom is -0.369 e. The predicted molar refractivity (Wildman–Crippen MR) is 97.1 cm³/mol. The summed E-state index contributed by atoms with van der Waals surface area (Å²) in [6, 6.07) is 18.5. The Kier molecular flexibility index (Phi) is 4.77. The number of aromatic nitrogens is 2. The lowest BCUT2D eigenvalue weighted by Crippen LogP contribution is -2.18. The standard InChI is InChI=1S/C19H20ClN3/c1-13(2)16(14-8-4-3-5-9-14)12-21-18-15-10-6-7-11-17(15)22-19(20)23-18/h3-11,13,16H,12H2,1-2H3,(H,21,22,23). The third-order valence-electron chi connectivity index (χ3n) is 4.10. The Bertz CT molecular complexity index is 787. The lowest BCUT2D eigenvalue weighted by atomic mass is 9.88. The van der Waals surface area contributed by atoms with Gasteiger partial charge in [-0.05, 0) is 35.2 Å². The number of anilines is 1. The molecule has 1 unspecified atom stereocenters. The molecular weight excluding hydrogens is 306 g/mol. The van der Waals surface area contributed by atoms with Crippen LogP contribution in [0.1, 0.15) is 25.3 Å². The molecule has 0 amide bonds. The SMILES string of the molecule is CC(C)C(CNc1nc(Cl)nc2ccccc12)c1ccccc1. The van der Waals surface area contributed by atoms with E-state index < -0.39 is 0 Å². The molecule has 3 nitrogen and oxygen atoms in total. The van der Waals surface area contributed by atoms with Gasteiger partial charge in [-0.2, -0.15) is 0 Å². The number of para-hydroxylation sites is 1. The molecule has 3 aromatic rings. The molecule has 0 aliphatic rings. The van der Waals surface area contributed by atoms with Gasteiger partial charge in [0.05, 0.1) is 5.52 Å². The molecular formula is C19H20ClN3. The van der Waals surface area contributed by atoms with E-state index in [0.29, 0.717) is 11.8 Å². The molecule has 0 spiro atoms. The second kappa shape index (κ2) is 6.97. The van der Waals surface area contributed by atoms with E-state index in [0.717, 1.165) is 23.3 Å². The number of nitrogens with one attached hydrogen (secondary N) is 1. The van der Waals surface area contributed by atoms with Gasteiger partial charge in [-0.25, -0.2) is 9.97 Å². The third-order valence-corrected chi connectivity index (χ3v) is 4.27. The summed E-state index contributed by atoms with van der Waals surface area (Å²) in [5.41, 5.74) is 2.19. The van der Waals surface area contributed by atoms with Crippen LogP contribution in [0.25, 0.3) is 10.9 Å². The van der Waals surface area contributed by atoms with Gasteiger partial charge >= 0.3 is 0 Å². The van der Waals surface area contributed by atoms with Crippen LogP contribution in [0, 0.1) is 5.92 Å². The summed E-state index contributed by atoms with van der Waals surface area (Å²) in [7, 11) is 0. The Labute approximate surface area is 141 Å². The molecule has 0 fully saturated rings. The van der Waals surface area contributed by atoms with Crippen molar-refractivity contribution < 1.29 is 0 Å². The number of rotatable bonds is 5. The Morgan fingerprint density at radius 3 is 2.39 bits per heavy atom. The van der Waals surface area contributed by atoms with E-state index in [1.807, 2.05) is 30.3 Å². The van der Waals surface area contributed by atoms with Gasteiger partial charge in [0.1, 0.15) is 5.82 Å². The van der Waals surface area contributed by atoms with Crippen LogP contribution in [-0.4, -0.2) is 16.5 Å². The summed E-state index contributed by atoms with van der Waals surface area (Å²) in [5, 5.41) is 4.74. The molecule has 0 bridgehead atoms. The highest BCUT2D eigenvalue weighted by molar-refractivity contribution is 6.28. The normalized spacial score (nSPS) is 12.5. The second-order valence-electron chi connectivity index (χ2n) is 6.00. The molecule has 1 aromatic heterocycles. The molecule has 0 saturated carbocycles. The zero-order valence-corrected chi connectivity index (χ0v) is 14.1. The lowest BCUT2D eigenvalue weighted by molar-refractivity contribution is 0.516. The van der Waals surface area contributed by atoms with Gasteiger partial charge in [0.25, 0.3) is 0 Å². The van der Waals surface area contributed by atoms with Crippen LogP contribution in [0.4, 0.5) is 5.82 Å². The Morgan fingerprint density at radius 1 is 0.957 bits per heavy atom. The first-order valence-corrected chi connectivity index (χ1v) is 8.24. The van der Waals surface area contributed by atoms with Gasteiger partial charge in [0.15, 0.2) is 0 Å². The summed E-state index contributed by atoms with van der Waals surface area (Å²) in [5.74, 6) is 1.72. The summed E-state index contributed by atoms with van der Waals surface area (Å²) in [4.78, 5) is 8.64. The van der Waals surface area contributed by atoms with Crippen LogP contribution in [0.3, 0.4) is 0 Å². The highest BCUT2D eigenvalue weighted by Gasteiger charge is 2.16. The summed E-state index contributed by atoms with van der Waals surface area (Å²) in [6.45, 7) is 5.29. The van der Waals surface area contributed by atoms with Crippen molar-refractivity contribution >= 4 is 28.3 Å². The molecule has 23 heavy (non-hydrogen) atoms.